The summed E-state index contributed by atoms with van der Waals surface area (Å²) in [5.41, 5.74) is 5.03. The second-order valence-electron chi connectivity index (χ2n) is 9.44. The van der Waals surface area contributed by atoms with Crippen LogP contribution < -0.4 is 4.74 Å². The highest BCUT2D eigenvalue weighted by molar-refractivity contribution is 5.56. The van der Waals surface area contributed by atoms with Crippen LogP contribution in [0.25, 0.3) is 6.08 Å². The number of aromatic hydroxyl groups is 1. The Balaban J connectivity index is 1.45. The Hall–Kier alpha value is -2.26. The molecule has 3 heteroatoms. The molecule has 3 nitrogen and oxygen atoms in total. The second kappa shape index (κ2) is 6.91. The SMILES string of the molecule is COc1ccc(/C=C2\C[C@@H]3[C@@H]4CCc5cc(O)ccc5[C@@H]4CC[C@]3(C)[C@@H]2O)cc1. The number of aryl methyl sites for hydroxylation is 1. The van der Waals surface area contributed by atoms with Crippen molar-refractivity contribution >= 4 is 6.08 Å². The summed E-state index contributed by atoms with van der Waals surface area (Å²) in [6.07, 6.45) is 7.18. The molecule has 2 aromatic carbocycles. The van der Waals surface area contributed by atoms with Crippen LogP contribution >= 0.6 is 0 Å². The summed E-state index contributed by atoms with van der Waals surface area (Å²) in [6.45, 7) is 2.31. The van der Waals surface area contributed by atoms with Gasteiger partial charge < -0.3 is 14.9 Å². The van der Waals surface area contributed by atoms with Crippen LogP contribution in [0.15, 0.2) is 48.0 Å². The van der Waals surface area contributed by atoms with E-state index in [-0.39, 0.29) is 11.5 Å². The topological polar surface area (TPSA) is 49.7 Å². The molecular weight excluding hydrogens is 360 g/mol. The molecule has 0 bridgehead atoms. The zero-order chi connectivity index (χ0) is 20.2. The largest absolute Gasteiger partial charge is 0.508 e. The summed E-state index contributed by atoms with van der Waals surface area (Å²) in [6, 6.07) is 14.0. The van der Waals surface area contributed by atoms with Gasteiger partial charge in [0.1, 0.15) is 11.5 Å². The minimum atomic E-state index is -0.364. The Bertz CT molecular complexity index is 945. The van der Waals surface area contributed by atoms with Crippen molar-refractivity contribution in [2.45, 2.75) is 51.0 Å². The van der Waals surface area contributed by atoms with E-state index >= 15 is 0 Å². The molecule has 0 amide bonds. The first-order valence-corrected chi connectivity index (χ1v) is 10.8. The van der Waals surface area contributed by atoms with Crippen molar-refractivity contribution in [1.29, 1.82) is 0 Å². The predicted octanol–water partition coefficient (Wildman–Crippen LogP) is 5.31. The molecule has 2 saturated carbocycles. The van der Waals surface area contributed by atoms with Gasteiger partial charge in [0.2, 0.25) is 0 Å². The zero-order valence-electron chi connectivity index (χ0n) is 17.3. The van der Waals surface area contributed by atoms with E-state index in [0.29, 0.717) is 23.5 Å². The maximum atomic E-state index is 11.3. The van der Waals surface area contributed by atoms with Gasteiger partial charge >= 0.3 is 0 Å². The lowest BCUT2D eigenvalue weighted by Crippen LogP contribution is -2.44. The lowest BCUT2D eigenvalue weighted by atomic mass is 9.55. The number of benzene rings is 2. The average Bonchev–Trinajstić information content (AvgIpc) is 2.99. The number of ether oxygens (including phenoxy) is 1. The van der Waals surface area contributed by atoms with Crippen molar-refractivity contribution in [3.63, 3.8) is 0 Å². The quantitative estimate of drug-likeness (QED) is 0.730. The van der Waals surface area contributed by atoms with Crippen LogP contribution in [-0.4, -0.2) is 23.4 Å². The van der Waals surface area contributed by atoms with Crippen LogP contribution in [0.2, 0.25) is 0 Å². The molecule has 29 heavy (non-hydrogen) atoms. The highest BCUT2D eigenvalue weighted by atomic mass is 16.5. The summed E-state index contributed by atoms with van der Waals surface area (Å²) >= 11 is 0. The van der Waals surface area contributed by atoms with Crippen molar-refractivity contribution in [2.75, 3.05) is 7.11 Å². The number of fused-ring (bicyclic) bond motifs is 5. The van der Waals surface area contributed by atoms with E-state index < -0.39 is 0 Å². The Morgan fingerprint density at radius 2 is 1.90 bits per heavy atom. The first kappa shape index (κ1) is 18.7. The molecule has 0 aromatic heterocycles. The smallest absolute Gasteiger partial charge is 0.118 e. The first-order valence-electron chi connectivity index (χ1n) is 10.8. The van der Waals surface area contributed by atoms with E-state index in [9.17, 15) is 10.2 Å². The van der Waals surface area contributed by atoms with Crippen LogP contribution in [0.3, 0.4) is 0 Å². The van der Waals surface area contributed by atoms with Crippen LogP contribution in [-0.2, 0) is 6.42 Å². The number of phenols is 1. The normalized spacial score (nSPS) is 34.4. The molecule has 0 radical (unpaired) electrons. The molecule has 2 N–H and O–H groups in total. The Kier molecular flexibility index (Phi) is 4.47. The summed E-state index contributed by atoms with van der Waals surface area (Å²) in [4.78, 5) is 0. The number of rotatable bonds is 2. The number of aliphatic hydroxyl groups is 1. The Morgan fingerprint density at radius 3 is 2.66 bits per heavy atom. The van der Waals surface area contributed by atoms with Gasteiger partial charge in [0.25, 0.3) is 0 Å². The number of methoxy groups -OCH3 is 1. The van der Waals surface area contributed by atoms with Crippen molar-refractivity contribution in [1.82, 2.24) is 0 Å². The number of hydrogen-bond donors (Lipinski definition) is 2. The van der Waals surface area contributed by atoms with Gasteiger partial charge in [0.05, 0.1) is 13.2 Å². The van der Waals surface area contributed by atoms with E-state index in [4.69, 9.17) is 4.74 Å². The first-order chi connectivity index (χ1) is 14.0. The zero-order valence-corrected chi connectivity index (χ0v) is 17.3. The molecule has 0 heterocycles. The van der Waals surface area contributed by atoms with E-state index in [1.54, 1.807) is 7.11 Å². The van der Waals surface area contributed by atoms with Gasteiger partial charge in [-0.25, -0.2) is 0 Å². The van der Waals surface area contributed by atoms with Gasteiger partial charge in [-0.2, -0.15) is 0 Å². The minimum Gasteiger partial charge on any atom is -0.508 e. The second-order valence-corrected chi connectivity index (χ2v) is 9.44. The monoisotopic (exact) mass is 390 g/mol. The van der Waals surface area contributed by atoms with E-state index in [1.807, 2.05) is 24.3 Å². The molecule has 152 valence electrons. The molecule has 2 aromatic rings. The minimum absolute atomic E-state index is 0.0338. The van der Waals surface area contributed by atoms with Crippen molar-refractivity contribution < 1.29 is 14.9 Å². The average molecular weight is 391 g/mol. The van der Waals surface area contributed by atoms with Gasteiger partial charge in [-0.05, 0) is 96.4 Å². The molecule has 2 fully saturated rings. The molecule has 0 unspecified atom stereocenters. The number of hydrogen-bond acceptors (Lipinski definition) is 3. The fourth-order valence-corrected chi connectivity index (χ4v) is 6.48. The molecule has 5 atom stereocenters. The summed E-state index contributed by atoms with van der Waals surface area (Å²) in [5.74, 6) is 2.92. The van der Waals surface area contributed by atoms with Gasteiger partial charge in [-0.15, -0.1) is 0 Å². The predicted molar refractivity (Wildman–Crippen MR) is 115 cm³/mol. The number of phenolic OH excluding ortho intramolecular Hbond substituents is 1. The summed E-state index contributed by atoms with van der Waals surface area (Å²) in [7, 11) is 1.68. The van der Waals surface area contributed by atoms with Crippen molar-refractivity contribution in [3.8, 4) is 11.5 Å². The highest BCUT2D eigenvalue weighted by Gasteiger charge is 2.56. The molecule has 0 saturated heterocycles. The van der Waals surface area contributed by atoms with E-state index in [0.717, 1.165) is 43.4 Å². The van der Waals surface area contributed by atoms with Gasteiger partial charge in [0.15, 0.2) is 0 Å². The fourth-order valence-electron chi connectivity index (χ4n) is 6.48. The molecule has 3 aliphatic rings. The molecule has 0 spiro atoms. The summed E-state index contributed by atoms with van der Waals surface area (Å²) < 4.78 is 5.26. The van der Waals surface area contributed by atoms with Gasteiger partial charge in [0, 0.05) is 5.41 Å². The Labute approximate surface area is 173 Å². The highest BCUT2D eigenvalue weighted by Crippen LogP contribution is 2.62. The van der Waals surface area contributed by atoms with Crippen LogP contribution in [0.5, 0.6) is 11.5 Å². The van der Waals surface area contributed by atoms with E-state index in [1.165, 1.54) is 16.7 Å². The molecule has 5 rings (SSSR count). The molecular formula is C26H30O3. The molecule has 0 aliphatic heterocycles. The Morgan fingerprint density at radius 1 is 1.10 bits per heavy atom. The maximum Gasteiger partial charge on any atom is 0.118 e. The lowest BCUT2D eigenvalue weighted by molar-refractivity contribution is -0.0158. The van der Waals surface area contributed by atoms with Gasteiger partial charge in [-0.3, -0.25) is 0 Å². The summed E-state index contributed by atoms with van der Waals surface area (Å²) in [5, 5.41) is 21.2. The third-order valence-corrected chi connectivity index (χ3v) is 8.05. The standard InChI is InChI=1S/C26H30O3/c1-26-12-11-22-21-10-6-19(27)14-17(21)5-9-23(22)24(26)15-18(25(26)28)13-16-3-7-20(29-2)8-4-16/h3-4,6-8,10,13-14,22-25,27-28H,5,9,11-12,15H2,1-2H3/b18-13+/t22-,23+,24+,25+,26-/m0/s1. The van der Waals surface area contributed by atoms with Crippen molar-refractivity contribution in [2.24, 2.45) is 17.3 Å². The van der Waals surface area contributed by atoms with Gasteiger partial charge in [-0.1, -0.05) is 31.2 Å². The third-order valence-electron chi connectivity index (χ3n) is 8.05. The van der Waals surface area contributed by atoms with Crippen LogP contribution in [0.1, 0.15) is 55.2 Å². The number of aliphatic hydroxyl groups excluding tert-OH is 1. The van der Waals surface area contributed by atoms with Crippen LogP contribution in [0, 0.1) is 17.3 Å². The van der Waals surface area contributed by atoms with E-state index in [2.05, 4.69) is 31.2 Å². The molecule has 3 aliphatic carbocycles. The van der Waals surface area contributed by atoms with Crippen LogP contribution in [0.4, 0.5) is 0 Å². The third kappa shape index (κ3) is 2.98. The fraction of sp³-hybridized carbons (Fsp3) is 0.462. The maximum absolute atomic E-state index is 11.3. The lowest BCUT2D eigenvalue weighted by Gasteiger charge is -2.49. The van der Waals surface area contributed by atoms with Crippen molar-refractivity contribution in [3.05, 3.63) is 64.7 Å².